The van der Waals surface area contributed by atoms with E-state index in [4.69, 9.17) is 14.9 Å². The topological polar surface area (TPSA) is 91.5 Å². The van der Waals surface area contributed by atoms with Crippen LogP contribution in [0.2, 0.25) is 0 Å². The number of nitrogens with zero attached hydrogens (tertiary/aromatic N) is 4. The van der Waals surface area contributed by atoms with Crippen molar-refractivity contribution in [2.24, 2.45) is 0 Å². The van der Waals surface area contributed by atoms with E-state index in [9.17, 15) is 0 Å². The molecular weight excluding hydrogens is 258 g/mol. The van der Waals surface area contributed by atoms with Crippen molar-refractivity contribution in [3.05, 3.63) is 30.2 Å². The zero-order chi connectivity index (χ0) is 14.3. The predicted octanol–water partition coefficient (Wildman–Crippen LogP) is 1.85. The molecule has 104 valence electrons. The zero-order valence-corrected chi connectivity index (χ0v) is 11.5. The first-order valence-corrected chi connectivity index (χ1v) is 6.14. The lowest BCUT2D eigenvalue weighted by atomic mass is 10.1. The van der Waals surface area contributed by atoms with Gasteiger partial charge in [0.1, 0.15) is 5.60 Å². The Labute approximate surface area is 115 Å². The van der Waals surface area contributed by atoms with Gasteiger partial charge in [0.25, 0.3) is 0 Å². The smallest absolute Gasteiger partial charge is 0.223 e. The summed E-state index contributed by atoms with van der Waals surface area (Å²) in [6, 6.07) is 5.37. The van der Waals surface area contributed by atoms with Crippen molar-refractivity contribution in [1.82, 2.24) is 19.6 Å². The Bertz CT molecular complexity index is 746. The van der Waals surface area contributed by atoms with Crippen LogP contribution in [0.1, 0.15) is 19.5 Å². The van der Waals surface area contributed by atoms with Crippen molar-refractivity contribution < 1.29 is 9.15 Å². The fourth-order valence-corrected chi connectivity index (χ4v) is 1.83. The molecule has 7 nitrogen and oxygen atoms in total. The van der Waals surface area contributed by atoms with Crippen molar-refractivity contribution in [3.63, 3.8) is 0 Å². The van der Waals surface area contributed by atoms with Gasteiger partial charge in [-0.05, 0) is 26.0 Å². The van der Waals surface area contributed by atoms with E-state index in [1.807, 2.05) is 13.8 Å². The molecule has 0 atom stereocenters. The standard InChI is InChI=1S/C13H15N5O2/c1-13(2,19-3)9-7-10-16-11(8-5-4-6-20-8)17-18(10)12(14)15-9/h4-7H,1-3H3,(H2,14,15). The molecule has 0 amide bonds. The molecule has 0 spiro atoms. The molecule has 0 aliphatic rings. The summed E-state index contributed by atoms with van der Waals surface area (Å²) in [5, 5.41) is 4.29. The second kappa shape index (κ2) is 4.31. The predicted molar refractivity (Wildman–Crippen MR) is 72.9 cm³/mol. The highest BCUT2D eigenvalue weighted by atomic mass is 16.5. The van der Waals surface area contributed by atoms with Crippen molar-refractivity contribution in [3.8, 4) is 11.6 Å². The second-order valence-corrected chi connectivity index (χ2v) is 4.90. The van der Waals surface area contributed by atoms with Crippen molar-refractivity contribution >= 4 is 11.6 Å². The van der Waals surface area contributed by atoms with Crippen molar-refractivity contribution in [1.29, 1.82) is 0 Å². The molecule has 0 unspecified atom stereocenters. The van der Waals surface area contributed by atoms with Gasteiger partial charge in [0.05, 0.1) is 12.0 Å². The lowest BCUT2D eigenvalue weighted by Gasteiger charge is -2.22. The highest BCUT2D eigenvalue weighted by molar-refractivity contribution is 5.54. The fourth-order valence-electron chi connectivity index (χ4n) is 1.83. The lowest BCUT2D eigenvalue weighted by Crippen LogP contribution is -2.22. The Balaban J connectivity index is 2.17. The fraction of sp³-hybridized carbons (Fsp3) is 0.308. The van der Waals surface area contributed by atoms with Crippen LogP contribution >= 0.6 is 0 Å². The van der Waals surface area contributed by atoms with Gasteiger partial charge in [-0.15, -0.1) is 5.10 Å². The average molecular weight is 273 g/mol. The summed E-state index contributed by atoms with van der Waals surface area (Å²) in [6.07, 6.45) is 1.57. The lowest BCUT2D eigenvalue weighted by molar-refractivity contribution is 0.0156. The summed E-state index contributed by atoms with van der Waals surface area (Å²) < 4.78 is 12.2. The normalized spacial score (nSPS) is 12.2. The largest absolute Gasteiger partial charge is 0.461 e. The molecule has 2 N–H and O–H groups in total. The van der Waals surface area contributed by atoms with E-state index in [2.05, 4.69) is 15.1 Å². The van der Waals surface area contributed by atoms with Crippen LogP contribution in [-0.4, -0.2) is 26.7 Å². The van der Waals surface area contributed by atoms with E-state index in [1.54, 1.807) is 31.6 Å². The third kappa shape index (κ3) is 1.92. The van der Waals surface area contributed by atoms with Crippen LogP contribution in [-0.2, 0) is 10.3 Å². The number of anilines is 1. The summed E-state index contributed by atoms with van der Waals surface area (Å²) >= 11 is 0. The maximum atomic E-state index is 5.94. The Morgan fingerprint density at radius 1 is 1.35 bits per heavy atom. The van der Waals surface area contributed by atoms with E-state index in [-0.39, 0.29) is 5.95 Å². The highest BCUT2D eigenvalue weighted by Gasteiger charge is 2.24. The molecule has 0 bridgehead atoms. The van der Waals surface area contributed by atoms with Crippen LogP contribution in [0.15, 0.2) is 28.9 Å². The number of hydrogen-bond donors (Lipinski definition) is 1. The zero-order valence-electron chi connectivity index (χ0n) is 11.5. The summed E-state index contributed by atoms with van der Waals surface area (Å²) in [6.45, 7) is 3.82. The molecular formula is C13H15N5O2. The summed E-state index contributed by atoms with van der Waals surface area (Å²) in [5.74, 6) is 1.31. The molecule has 0 aliphatic heterocycles. The van der Waals surface area contributed by atoms with Crippen LogP contribution in [0, 0.1) is 0 Å². The second-order valence-electron chi connectivity index (χ2n) is 4.90. The van der Waals surface area contributed by atoms with E-state index in [0.29, 0.717) is 22.9 Å². The molecule has 3 aromatic heterocycles. The van der Waals surface area contributed by atoms with Crippen LogP contribution in [0.3, 0.4) is 0 Å². The Morgan fingerprint density at radius 3 is 2.80 bits per heavy atom. The number of furan rings is 1. The molecule has 3 rings (SSSR count). The molecule has 0 radical (unpaired) electrons. The van der Waals surface area contributed by atoms with Gasteiger partial charge in [0, 0.05) is 13.2 Å². The number of nitrogens with two attached hydrogens (primary N) is 1. The van der Waals surface area contributed by atoms with E-state index < -0.39 is 5.60 Å². The first-order chi connectivity index (χ1) is 9.51. The number of methoxy groups -OCH3 is 1. The number of fused-ring (bicyclic) bond motifs is 1. The molecule has 0 saturated carbocycles. The quantitative estimate of drug-likeness (QED) is 0.783. The van der Waals surface area contributed by atoms with Gasteiger partial charge >= 0.3 is 0 Å². The van der Waals surface area contributed by atoms with Gasteiger partial charge in [0.2, 0.25) is 11.8 Å². The maximum absolute atomic E-state index is 5.94. The molecule has 3 heterocycles. The number of nitrogen functional groups attached to an aromatic ring is 1. The molecule has 0 fully saturated rings. The van der Waals surface area contributed by atoms with Gasteiger partial charge in [-0.2, -0.15) is 4.52 Å². The van der Waals surface area contributed by atoms with Crippen LogP contribution in [0.4, 0.5) is 5.95 Å². The third-order valence-corrected chi connectivity index (χ3v) is 3.22. The van der Waals surface area contributed by atoms with Crippen LogP contribution in [0.25, 0.3) is 17.2 Å². The molecule has 3 aromatic rings. The number of ether oxygens (including phenoxy) is 1. The molecule has 7 heteroatoms. The van der Waals surface area contributed by atoms with Gasteiger partial charge in [-0.25, -0.2) is 9.97 Å². The third-order valence-electron chi connectivity index (χ3n) is 3.22. The SMILES string of the molecule is COC(C)(C)c1cc2nc(-c3ccco3)nn2c(N)n1. The van der Waals surface area contributed by atoms with E-state index in [0.717, 1.165) is 0 Å². The van der Waals surface area contributed by atoms with Gasteiger partial charge in [0.15, 0.2) is 11.4 Å². The van der Waals surface area contributed by atoms with Crippen molar-refractivity contribution in [2.75, 3.05) is 12.8 Å². The van der Waals surface area contributed by atoms with Crippen LogP contribution < -0.4 is 5.73 Å². The average Bonchev–Trinajstić information content (AvgIpc) is 3.07. The summed E-state index contributed by atoms with van der Waals surface area (Å²) in [4.78, 5) is 8.73. The highest BCUT2D eigenvalue weighted by Crippen LogP contribution is 2.25. The Morgan fingerprint density at radius 2 is 2.15 bits per heavy atom. The Kier molecular flexibility index (Phi) is 2.72. The number of aromatic nitrogens is 4. The minimum Gasteiger partial charge on any atom is -0.461 e. The van der Waals surface area contributed by atoms with Gasteiger partial charge in [-0.1, -0.05) is 0 Å². The molecule has 0 aromatic carbocycles. The Hall–Kier alpha value is -2.41. The number of hydrogen-bond acceptors (Lipinski definition) is 6. The first-order valence-electron chi connectivity index (χ1n) is 6.14. The van der Waals surface area contributed by atoms with Crippen LogP contribution in [0.5, 0.6) is 0 Å². The van der Waals surface area contributed by atoms with E-state index in [1.165, 1.54) is 4.52 Å². The summed E-state index contributed by atoms with van der Waals surface area (Å²) in [5.41, 5.74) is 6.69. The number of rotatable bonds is 3. The monoisotopic (exact) mass is 273 g/mol. The minimum absolute atomic E-state index is 0.257. The van der Waals surface area contributed by atoms with Gasteiger partial charge in [-0.3, -0.25) is 0 Å². The van der Waals surface area contributed by atoms with E-state index >= 15 is 0 Å². The maximum Gasteiger partial charge on any atom is 0.223 e. The molecule has 0 aliphatic carbocycles. The molecule has 0 saturated heterocycles. The van der Waals surface area contributed by atoms with Crippen molar-refractivity contribution in [2.45, 2.75) is 19.4 Å². The molecule has 20 heavy (non-hydrogen) atoms. The first kappa shape index (κ1) is 12.6. The minimum atomic E-state index is -0.549. The van der Waals surface area contributed by atoms with Gasteiger partial charge < -0.3 is 14.9 Å². The summed E-state index contributed by atoms with van der Waals surface area (Å²) in [7, 11) is 1.63.